The third-order valence-corrected chi connectivity index (χ3v) is 3.39. The first-order valence-corrected chi connectivity index (χ1v) is 6.52. The van der Waals surface area contributed by atoms with Crippen LogP contribution in [0.5, 0.6) is 0 Å². The Bertz CT molecular complexity index is 412. The maximum atomic E-state index is 8.82. The topological polar surface area (TPSA) is 53.0 Å². The highest BCUT2D eigenvalue weighted by Crippen LogP contribution is 2.21. The van der Waals surface area contributed by atoms with Gasteiger partial charge in [0.2, 0.25) is 0 Å². The van der Waals surface area contributed by atoms with Gasteiger partial charge in [0.25, 0.3) is 0 Å². The zero-order chi connectivity index (χ0) is 12.8. The van der Waals surface area contributed by atoms with E-state index in [-0.39, 0.29) is 5.92 Å². The van der Waals surface area contributed by atoms with E-state index >= 15 is 0 Å². The summed E-state index contributed by atoms with van der Waals surface area (Å²) < 4.78 is 0.926. The average Bonchev–Trinajstić information content (AvgIpc) is 2.32. The largest absolute Gasteiger partial charge is 0.398 e. The van der Waals surface area contributed by atoms with Gasteiger partial charge in [-0.15, -0.1) is 0 Å². The molecule has 0 amide bonds. The molecular weight excluding hydrogens is 278 g/mol. The summed E-state index contributed by atoms with van der Waals surface area (Å²) in [5, 5.41) is 8.82. The molecule has 0 fully saturated rings. The van der Waals surface area contributed by atoms with Crippen molar-refractivity contribution >= 4 is 21.6 Å². The summed E-state index contributed by atoms with van der Waals surface area (Å²) in [6.07, 6.45) is 0. The molecule has 1 unspecified atom stereocenters. The van der Waals surface area contributed by atoms with E-state index in [0.29, 0.717) is 0 Å². The predicted octanol–water partition coefficient (Wildman–Crippen LogP) is 3.01. The first-order valence-electron chi connectivity index (χ1n) is 5.72. The van der Waals surface area contributed by atoms with E-state index in [1.807, 2.05) is 19.1 Å². The van der Waals surface area contributed by atoms with Crippen LogP contribution in [0, 0.1) is 17.2 Å². The van der Waals surface area contributed by atoms with Crippen molar-refractivity contribution in [3.8, 4) is 6.07 Å². The summed E-state index contributed by atoms with van der Waals surface area (Å²) in [5.41, 5.74) is 7.78. The molecular formula is C13H18BrN3. The van der Waals surface area contributed by atoms with E-state index in [1.54, 1.807) is 0 Å². The van der Waals surface area contributed by atoms with Crippen LogP contribution in [0.4, 0.5) is 5.69 Å². The molecule has 2 N–H and O–H groups in total. The lowest BCUT2D eigenvalue weighted by Crippen LogP contribution is -2.27. The SMILES string of the molecule is CCN(Cc1ccc(Br)c(N)c1)CC(C)C#N. The maximum absolute atomic E-state index is 8.82. The van der Waals surface area contributed by atoms with Gasteiger partial charge in [-0.2, -0.15) is 5.26 Å². The first-order chi connectivity index (χ1) is 8.06. The van der Waals surface area contributed by atoms with Crippen molar-refractivity contribution in [2.75, 3.05) is 18.8 Å². The van der Waals surface area contributed by atoms with Gasteiger partial charge in [0.05, 0.1) is 12.0 Å². The van der Waals surface area contributed by atoms with Crippen LogP contribution >= 0.6 is 15.9 Å². The number of nitrogens with two attached hydrogens (primary N) is 1. The van der Waals surface area contributed by atoms with Gasteiger partial charge < -0.3 is 5.73 Å². The molecule has 0 aromatic heterocycles. The van der Waals surface area contributed by atoms with E-state index in [4.69, 9.17) is 11.0 Å². The molecule has 17 heavy (non-hydrogen) atoms. The highest BCUT2D eigenvalue weighted by Gasteiger charge is 2.09. The van der Waals surface area contributed by atoms with Crippen molar-refractivity contribution in [2.24, 2.45) is 5.92 Å². The summed E-state index contributed by atoms with van der Waals surface area (Å²) in [5.74, 6) is 0.0581. The Morgan fingerprint density at radius 3 is 2.76 bits per heavy atom. The summed E-state index contributed by atoms with van der Waals surface area (Å²) in [7, 11) is 0. The summed E-state index contributed by atoms with van der Waals surface area (Å²) in [6, 6.07) is 8.26. The number of benzene rings is 1. The summed E-state index contributed by atoms with van der Waals surface area (Å²) >= 11 is 3.38. The minimum atomic E-state index is 0.0581. The van der Waals surface area contributed by atoms with Gasteiger partial charge in [0.1, 0.15) is 0 Å². The van der Waals surface area contributed by atoms with Crippen LogP contribution in [-0.4, -0.2) is 18.0 Å². The summed E-state index contributed by atoms with van der Waals surface area (Å²) in [6.45, 7) is 6.61. The Morgan fingerprint density at radius 1 is 1.53 bits per heavy atom. The normalized spacial score (nSPS) is 12.4. The van der Waals surface area contributed by atoms with E-state index in [9.17, 15) is 0 Å². The number of nitrogens with zero attached hydrogens (tertiary/aromatic N) is 2. The molecule has 0 spiro atoms. The smallest absolute Gasteiger partial charge is 0.0666 e. The van der Waals surface area contributed by atoms with Crippen molar-refractivity contribution in [3.63, 3.8) is 0 Å². The molecule has 1 atom stereocenters. The molecule has 0 aliphatic rings. The van der Waals surface area contributed by atoms with Gasteiger partial charge in [-0.1, -0.05) is 13.0 Å². The number of nitriles is 1. The van der Waals surface area contributed by atoms with Crippen molar-refractivity contribution in [2.45, 2.75) is 20.4 Å². The molecule has 92 valence electrons. The highest BCUT2D eigenvalue weighted by molar-refractivity contribution is 9.10. The number of hydrogen-bond acceptors (Lipinski definition) is 3. The number of halogens is 1. The van der Waals surface area contributed by atoms with Gasteiger partial charge in [0.15, 0.2) is 0 Å². The fraction of sp³-hybridized carbons (Fsp3) is 0.462. The lowest BCUT2D eigenvalue weighted by molar-refractivity contribution is 0.260. The Kier molecular flexibility index (Phi) is 5.46. The molecule has 3 nitrogen and oxygen atoms in total. The van der Waals surface area contributed by atoms with Crippen LogP contribution in [0.3, 0.4) is 0 Å². The van der Waals surface area contributed by atoms with Crippen LogP contribution in [-0.2, 0) is 6.54 Å². The number of nitrogen functional groups attached to an aromatic ring is 1. The molecule has 0 aliphatic carbocycles. The molecule has 1 aromatic rings. The zero-order valence-electron chi connectivity index (χ0n) is 10.3. The molecule has 1 aromatic carbocycles. The van der Waals surface area contributed by atoms with Crippen molar-refractivity contribution in [1.29, 1.82) is 5.26 Å². The minimum absolute atomic E-state index is 0.0581. The van der Waals surface area contributed by atoms with E-state index in [0.717, 1.165) is 29.8 Å². The second-order valence-electron chi connectivity index (χ2n) is 4.21. The van der Waals surface area contributed by atoms with E-state index < -0.39 is 0 Å². The molecule has 4 heteroatoms. The van der Waals surface area contributed by atoms with Crippen LogP contribution in [0.15, 0.2) is 22.7 Å². The Hall–Kier alpha value is -1.05. The number of hydrogen-bond donors (Lipinski definition) is 1. The lowest BCUT2D eigenvalue weighted by Gasteiger charge is -2.21. The van der Waals surface area contributed by atoms with Crippen LogP contribution < -0.4 is 5.73 Å². The third-order valence-electron chi connectivity index (χ3n) is 2.67. The fourth-order valence-corrected chi connectivity index (χ4v) is 1.93. The van der Waals surface area contributed by atoms with Crippen molar-refractivity contribution in [1.82, 2.24) is 4.90 Å². The van der Waals surface area contributed by atoms with Gasteiger partial charge >= 0.3 is 0 Å². The Balaban J connectivity index is 2.67. The Labute approximate surface area is 111 Å². The highest BCUT2D eigenvalue weighted by atomic mass is 79.9. The molecule has 0 saturated heterocycles. The summed E-state index contributed by atoms with van der Waals surface area (Å²) in [4.78, 5) is 2.25. The minimum Gasteiger partial charge on any atom is -0.398 e. The molecule has 0 radical (unpaired) electrons. The van der Waals surface area contributed by atoms with Crippen LogP contribution in [0.25, 0.3) is 0 Å². The van der Waals surface area contributed by atoms with Gasteiger partial charge in [-0.05, 0) is 47.1 Å². The fourth-order valence-electron chi connectivity index (χ4n) is 1.68. The first kappa shape index (κ1) is 14.0. The zero-order valence-corrected chi connectivity index (χ0v) is 11.9. The number of rotatable bonds is 5. The van der Waals surface area contributed by atoms with Crippen LogP contribution in [0.1, 0.15) is 19.4 Å². The van der Waals surface area contributed by atoms with Gasteiger partial charge in [0, 0.05) is 23.2 Å². The molecule has 0 aliphatic heterocycles. The second kappa shape index (κ2) is 6.63. The monoisotopic (exact) mass is 295 g/mol. The maximum Gasteiger partial charge on any atom is 0.0666 e. The van der Waals surface area contributed by atoms with Gasteiger partial charge in [-0.3, -0.25) is 4.90 Å². The number of anilines is 1. The van der Waals surface area contributed by atoms with Crippen LogP contribution in [0.2, 0.25) is 0 Å². The molecule has 0 bridgehead atoms. The van der Waals surface area contributed by atoms with E-state index in [1.165, 1.54) is 5.56 Å². The molecule has 0 heterocycles. The lowest BCUT2D eigenvalue weighted by atomic mass is 10.1. The molecule has 1 rings (SSSR count). The van der Waals surface area contributed by atoms with Crippen molar-refractivity contribution < 1.29 is 0 Å². The standard InChI is InChI=1S/C13H18BrN3/c1-3-17(8-10(2)7-15)9-11-4-5-12(14)13(16)6-11/h4-6,10H,3,8-9,16H2,1-2H3. The third kappa shape index (κ3) is 4.37. The van der Waals surface area contributed by atoms with Gasteiger partial charge in [-0.25, -0.2) is 0 Å². The molecule has 0 saturated carbocycles. The quantitative estimate of drug-likeness (QED) is 0.850. The van der Waals surface area contributed by atoms with Crippen molar-refractivity contribution in [3.05, 3.63) is 28.2 Å². The predicted molar refractivity (Wildman–Crippen MR) is 74.3 cm³/mol. The Morgan fingerprint density at radius 2 is 2.24 bits per heavy atom. The second-order valence-corrected chi connectivity index (χ2v) is 5.07. The van der Waals surface area contributed by atoms with E-state index in [2.05, 4.69) is 39.9 Å². The average molecular weight is 296 g/mol.